The number of nitrogens with one attached hydrogen (secondary N) is 1. The van der Waals surface area contributed by atoms with Gasteiger partial charge in [0.2, 0.25) is 10.0 Å². The van der Waals surface area contributed by atoms with Crippen molar-refractivity contribution >= 4 is 19.9 Å². The summed E-state index contributed by atoms with van der Waals surface area (Å²) in [5.41, 5.74) is 0. The van der Waals surface area contributed by atoms with Gasteiger partial charge < -0.3 is 0 Å². The van der Waals surface area contributed by atoms with Crippen LogP contribution in [0.1, 0.15) is 6.92 Å². The molecule has 0 aromatic heterocycles. The minimum absolute atomic E-state index is 0.0209. The Balaban J connectivity index is 4.06. The van der Waals surface area contributed by atoms with Gasteiger partial charge in [0.1, 0.15) is 0 Å². The molecule has 0 saturated heterocycles. The predicted octanol–water partition coefficient (Wildman–Crippen LogP) is -1.14. The van der Waals surface area contributed by atoms with E-state index in [9.17, 15) is 16.8 Å². The molecule has 14 heavy (non-hydrogen) atoms. The van der Waals surface area contributed by atoms with Gasteiger partial charge in [-0.2, -0.15) is 5.26 Å². The van der Waals surface area contributed by atoms with Gasteiger partial charge >= 0.3 is 0 Å². The highest BCUT2D eigenvalue weighted by Crippen LogP contribution is 1.89. The molecule has 0 aromatic carbocycles. The second kappa shape index (κ2) is 5.29. The molecule has 0 aliphatic heterocycles. The van der Waals surface area contributed by atoms with Crippen LogP contribution in [0.15, 0.2) is 0 Å². The number of hydrogen-bond donors (Lipinski definition) is 1. The summed E-state index contributed by atoms with van der Waals surface area (Å²) >= 11 is 0. The molecule has 0 radical (unpaired) electrons. The lowest BCUT2D eigenvalue weighted by atomic mass is 10.8. The predicted molar refractivity (Wildman–Crippen MR) is 51.7 cm³/mol. The van der Waals surface area contributed by atoms with Crippen molar-refractivity contribution in [3.8, 4) is 6.07 Å². The van der Waals surface area contributed by atoms with Gasteiger partial charge in [-0.1, -0.05) is 6.92 Å². The molecule has 8 heteroatoms. The fraction of sp³-hybridized carbons (Fsp3) is 0.833. The number of rotatable bonds is 6. The van der Waals surface area contributed by atoms with Gasteiger partial charge in [-0.15, -0.1) is 0 Å². The maximum Gasteiger partial charge on any atom is 0.225 e. The number of nitriles is 1. The van der Waals surface area contributed by atoms with Gasteiger partial charge in [0.05, 0.1) is 11.8 Å². The Morgan fingerprint density at radius 3 is 2.29 bits per heavy atom. The van der Waals surface area contributed by atoms with E-state index in [1.807, 2.05) is 4.72 Å². The first-order valence-corrected chi connectivity index (χ1v) is 7.35. The molecule has 0 amide bonds. The number of hydrogen-bond acceptors (Lipinski definition) is 5. The van der Waals surface area contributed by atoms with Gasteiger partial charge in [0, 0.05) is 12.3 Å². The second-order valence-electron chi connectivity index (χ2n) is 2.55. The SMILES string of the molecule is CCS(=O)(=O)CCNS(=O)(=O)CC#N. The van der Waals surface area contributed by atoms with Gasteiger partial charge in [0.25, 0.3) is 0 Å². The summed E-state index contributed by atoms with van der Waals surface area (Å²) < 4.78 is 45.7. The zero-order valence-corrected chi connectivity index (χ0v) is 9.36. The number of sulfone groups is 1. The maximum absolute atomic E-state index is 10.9. The van der Waals surface area contributed by atoms with Crippen LogP contribution < -0.4 is 4.72 Å². The summed E-state index contributed by atoms with van der Waals surface area (Å²) in [6.45, 7) is 1.30. The molecule has 0 spiro atoms. The lowest BCUT2D eigenvalue weighted by molar-refractivity contribution is 0.584. The molecule has 0 fully saturated rings. The Bertz CT molecular complexity index is 404. The van der Waals surface area contributed by atoms with E-state index in [-0.39, 0.29) is 18.1 Å². The third-order valence-electron chi connectivity index (χ3n) is 1.43. The standard InChI is InChI=1S/C6H12N2O4S2/c1-2-13(9,10)6-4-8-14(11,12)5-3-7/h8H,2,4-6H2,1H3. The van der Waals surface area contributed by atoms with Gasteiger partial charge in [0.15, 0.2) is 15.6 Å². The van der Waals surface area contributed by atoms with E-state index < -0.39 is 25.6 Å². The largest absolute Gasteiger partial charge is 0.229 e. The van der Waals surface area contributed by atoms with Crippen LogP contribution in [-0.2, 0) is 19.9 Å². The van der Waals surface area contributed by atoms with Crippen molar-refractivity contribution in [2.45, 2.75) is 6.92 Å². The first-order valence-electron chi connectivity index (χ1n) is 3.87. The molecule has 0 aromatic rings. The summed E-state index contributed by atoms with van der Waals surface area (Å²) in [6, 6.07) is 1.47. The second-order valence-corrected chi connectivity index (χ2v) is 6.83. The molecule has 82 valence electrons. The average Bonchev–Trinajstić information content (AvgIpc) is 2.03. The van der Waals surface area contributed by atoms with E-state index >= 15 is 0 Å². The third-order valence-corrected chi connectivity index (χ3v) is 4.29. The molecule has 0 aliphatic carbocycles. The van der Waals surface area contributed by atoms with Crippen molar-refractivity contribution in [1.29, 1.82) is 5.26 Å². The number of nitrogens with zero attached hydrogens (tertiary/aromatic N) is 1. The monoisotopic (exact) mass is 240 g/mol. The van der Waals surface area contributed by atoms with Crippen LogP contribution in [0.25, 0.3) is 0 Å². The van der Waals surface area contributed by atoms with Crippen molar-refractivity contribution in [3.63, 3.8) is 0 Å². The smallest absolute Gasteiger partial charge is 0.225 e. The normalized spacial score (nSPS) is 12.3. The lowest BCUT2D eigenvalue weighted by Gasteiger charge is -2.02. The third kappa shape index (κ3) is 5.90. The molecule has 0 saturated carbocycles. The molecule has 0 heterocycles. The Labute approximate surface area is 83.9 Å². The molecular formula is C6H12N2O4S2. The summed E-state index contributed by atoms with van der Waals surface area (Å²) in [5, 5.41) is 8.12. The van der Waals surface area contributed by atoms with E-state index in [1.54, 1.807) is 0 Å². The Morgan fingerprint density at radius 1 is 1.29 bits per heavy atom. The van der Waals surface area contributed by atoms with Crippen LogP contribution in [0.4, 0.5) is 0 Å². The van der Waals surface area contributed by atoms with Crippen LogP contribution in [-0.4, -0.2) is 40.6 Å². The van der Waals surface area contributed by atoms with Crippen LogP contribution in [0.5, 0.6) is 0 Å². The van der Waals surface area contributed by atoms with E-state index in [2.05, 4.69) is 0 Å². The molecule has 6 nitrogen and oxygen atoms in total. The van der Waals surface area contributed by atoms with Gasteiger partial charge in [-0.05, 0) is 0 Å². The minimum Gasteiger partial charge on any atom is -0.229 e. The van der Waals surface area contributed by atoms with Crippen LogP contribution >= 0.6 is 0 Å². The lowest BCUT2D eigenvalue weighted by Crippen LogP contribution is -2.31. The van der Waals surface area contributed by atoms with Crippen molar-refractivity contribution < 1.29 is 16.8 Å². The zero-order valence-electron chi connectivity index (χ0n) is 7.73. The van der Waals surface area contributed by atoms with Gasteiger partial charge in [-0.25, -0.2) is 21.6 Å². The van der Waals surface area contributed by atoms with E-state index in [0.29, 0.717) is 0 Å². The molecule has 0 atom stereocenters. The summed E-state index contributed by atoms with van der Waals surface area (Å²) in [6.07, 6.45) is 0. The molecular weight excluding hydrogens is 228 g/mol. The highest BCUT2D eigenvalue weighted by Gasteiger charge is 2.12. The summed E-state index contributed by atoms with van der Waals surface area (Å²) in [4.78, 5) is 0. The van der Waals surface area contributed by atoms with Crippen molar-refractivity contribution in [1.82, 2.24) is 4.72 Å². The quantitative estimate of drug-likeness (QED) is 0.632. The van der Waals surface area contributed by atoms with Crippen LogP contribution in [0.2, 0.25) is 0 Å². The Morgan fingerprint density at radius 2 is 1.86 bits per heavy atom. The summed E-state index contributed by atoms with van der Waals surface area (Å²) in [7, 11) is -6.80. The van der Waals surface area contributed by atoms with Crippen molar-refractivity contribution in [2.75, 3.05) is 23.8 Å². The van der Waals surface area contributed by atoms with Gasteiger partial charge in [-0.3, -0.25) is 0 Å². The fourth-order valence-electron chi connectivity index (χ4n) is 0.633. The zero-order chi connectivity index (χ0) is 11.2. The topological polar surface area (TPSA) is 104 Å². The minimum atomic E-state index is -3.64. The van der Waals surface area contributed by atoms with Crippen molar-refractivity contribution in [2.24, 2.45) is 0 Å². The van der Waals surface area contributed by atoms with Crippen LogP contribution in [0.3, 0.4) is 0 Å². The summed E-state index contributed by atoms with van der Waals surface area (Å²) in [5.74, 6) is -0.916. The van der Waals surface area contributed by atoms with Crippen LogP contribution in [0, 0.1) is 11.3 Å². The highest BCUT2D eigenvalue weighted by molar-refractivity contribution is 7.91. The first-order chi connectivity index (χ1) is 6.33. The highest BCUT2D eigenvalue weighted by atomic mass is 32.2. The number of sulfonamides is 1. The van der Waals surface area contributed by atoms with E-state index in [1.165, 1.54) is 13.0 Å². The maximum atomic E-state index is 10.9. The Hall–Kier alpha value is -0.650. The van der Waals surface area contributed by atoms with E-state index in [0.717, 1.165) is 0 Å². The van der Waals surface area contributed by atoms with Crippen molar-refractivity contribution in [3.05, 3.63) is 0 Å². The molecule has 0 rings (SSSR count). The molecule has 0 aliphatic rings. The average molecular weight is 240 g/mol. The fourth-order valence-corrected chi connectivity index (χ4v) is 2.15. The Kier molecular flexibility index (Phi) is 5.04. The molecule has 1 N–H and O–H groups in total. The van der Waals surface area contributed by atoms with E-state index in [4.69, 9.17) is 5.26 Å². The molecule has 0 unspecified atom stereocenters. The molecule has 0 bridgehead atoms. The first kappa shape index (κ1) is 13.4.